The molecule has 0 radical (unpaired) electrons. The van der Waals surface area contributed by atoms with E-state index in [0.29, 0.717) is 5.75 Å². The summed E-state index contributed by atoms with van der Waals surface area (Å²) in [6.45, 7) is 6.54. The molecule has 1 heterocycles. The van der Waals surface area contributed by atoms with Gasteiger partial charge in [-0.3, -0.25) is 24.0 Å². The standard InChI is InChI=1S/C25H35N3O9/c1-13-22(28-15(3)30)24(37-17(5)32)23(36-16(4)31)21(35-13)12-26-25(33)20(27-14(2)29)11-18-7-9-19(34-6)10-8-18/h7-10,13,20-24H,11-12H2,1-6H3,(H,26,33)(H,27,29)(H,28,30). The fourth-order valence-corrected chi connectivity index (χ4v) is 4.16. The Hall–Kier alpha value is -3.67. The number of amides is 3. The topological polar surface area (TPSA) is 158 Å². The van der Waals surface area contributed by atoms with Crippen molar-refractivity contribution in [1.82, 2.24) is 16.0 Å². The molecule has 6 unspecified atom stereocenters. The van der Waals surface area contributed by atoms with Crippen molar-refractivity contribution in [2.45, 2.75) is 77.5 Å². The number of hydrogen-bond acceptors (Lipinski definition) is 9. The minimum absolute atomic E-state index is 0.121. The van der Waals surface area contributed by atoms with Crippen LogP contribution in [0.4, 0.5) is 0 Å². The van der Waals surface area contributed by atoms with E-state index < -0.39 is 54.3 Å². The summed E-state index contributed by atoms with van der Waals surface area (Å²) in [4.78, 5) is 60.3. The van der Waals surface area contributed by atoms with E-state index in [0.717, 1.165) is 5.56 Å². The van der Waals surface area contributed by atoms with Gasteiger partial charge in [0.05, 0.1) is 19.3 Å². The molecule has 3 N–H and O–H groups in total. The fourth-order valence-electron chi connectivity index (χ4n) is 4.16. The lowest BCUT2D eigenvalue weighted by Crippen LogP contribution is -2.66. The first-order valence-electron chi connectivity index (χ1n) is 11.9. The van der Waals surface area contributed by atoms with Crippen LogP contribution in [0, 0.1) is 0 Å². The molecule has 1 aliphatic rings. The van der Waals surface area contributed by atoms with E-state index in [1.807, 2.05) is 0 Å². The zero-order valence-corrected chi connectivity index (χ0v) is 21.9. The lowest BCUT2D eigenvalue weighted by Gasteiger charge is -2.44. The van der Waals surface area contributed by atoms with Crippen molar-refractivity contribution in [3.8, 4) is 5.75 Å². The Balaban J connectivity index is 2.21. The quantitative estimate of drug-likeness (QED) is 0.361. The molecule has 0 aliphatic carbocycles. The molecule has 204 valence electrons. The number of ether oxygens (including phenoxy) is 4. The summed E-state index contributed by atoms with van der Waals surface area (Å²) in [6.07, 6.45) is -3.51. The lowest BCUT2D eigenvalue weighted by atomic mass is 9.92. The van der Waals surface area contributed by atoms with Crippen LogP contribution in [0.2, 0.25) is 0 Å². The molecule has 0 spiro atoms. The molecule has 12 heteroatoms. The minimum Gasteiger partial charge on any atom is -0.497 e. The van der Waals surface area contributed by atoms with Crippen molar-refractivity contribution in [2.75, 3.05) is 13.7 Å². The van der Waals surface area contributed by atoms with Crippen LogP contribution < -0.4 is 20.7 Å². The van der Waals surface area contributed by atoms with Crippen LogP contribution in [0.1, 0.15) is 40.2 Å². The van der Waals surface area contributed by atoms with Crippen molar-refractivity contribution < 1.29 is 42.9 Å². The zero-order chi connectivity index (χ0) is 27.7. The highest BCUT2D eigenvalue weighted by Gasteiger charge is 2.48. The van der Waals surface area contributed by atoms with Gasteiger partial charge in [0, 0.05) is 40.7 Å². The Bertz CT molecular complexity index is 982. The molecule has 1 aromatic carbocycles. The predicted molar refractivity (Wildman–Crippen MR) is 130 cm³/mol. The molecule has 1 fully saturated rings. The molecule has 37 heavy (non-hydrogen) atoms. The van der Waals surface area contributed by atoms with E-state index in [1.165, 1.54) is 27.7 Å². The van der Waals surface area contributed by atoms with Crippen molar-refractivity contribution in [3.63, 3.8) is 0 Å². The predicted octanol–water partition coefficient (Wildman–Crippen LogP) is 0.0140. The molecule has 6 atom stereocenters. The van der Waals surface area contributed by atoms with Gasteiger partial charge in [-0.1, -0.05) is 12.1 Å². The fraction of sp³-hybridized carbons (Fsp3) is 0.560. The summed E-state index contributed by atoms with van der Waals surface area (Å²) in [6, 6.07) is 5.39. The monoisotopic (exact) mass is 521 g/mol. The van der Waals surface area contributed by atoms with Crippen LogP contribution >= 0.6 is 0 Å². The summed E-state index contributed by atoms with van der Waals surface area (Å²) in [5.74, 6) is -1.90. The summed E-state index contributed by atoms with van der Waals surface area (Å²) in [7, 11) is 1.55. The number of methoxy groups -OCH3 is 1. The normalized spacial score (nSPS) is 23.7. The highest BCUT2D eigenvalue weighted by Crippen LogP contribution is 2.26. The Morgan fingerprint density at radius 3 is 2.03 bits per heavy atom. The van der Waals surface area contributed by atoms with Crippen molar-refractivity contribution >= 4 is 29.7 Å². The van der Waals surface area contributed by atoms with Gasteiger partial charge in [0.25, 0.3) is 0 Å². The minimum atomic E-state index is -1.12. The van der Waals surface area contributed by atoms with Gasteiger partial charge >= 0.3 is 11.9 Å². The highest BCUT2D eigenvalue weighted by atomic mass is 16.6. The molecule has 1 aromatic rings. The molecule has 1 aliphatic heterocycles. The summed E-state index contributed by atoms with van der Waals surface area (Å²) in [5.41, 5.74) is 0.795. The largest absolute Gasteiger partial charge is 0.497 e. The van der Waals surface area contributed by atoms with Gasteiger partial charge < -0.3 is 34.9 Å². The number of benzene rings is 1. The SMILES string of the molecule is COc1ccc(CC(NC(C)=O)C(=O)NCC2OC(C)C(NC(C)=O)C(OC(C)=O)C2OC(C)=O)cc1. The molecular formula is C25H35N3O9. The highest BCUT2D eigenvalue weighted by molar-refractivity contribution is 5.87. The van der Waals surface area contributed by atoms with Crippen LogP contribution in [-0.2, 0) is 44.6 Å². The molecule has 0 bridgehead atoms. The van der Waals surface area contributed by atoms with Crippen molar-refractivity contribution in [2.24, 2.45) is 0 Å². The molecule has 1 saturated heterocycles. The Labute approximate surface area is 215 Å². The molecular weight excluding hydrogens is 486 g/mol. The molecule has 2 rings (SSSR count). The van der Waals surface area contributed by atoms with Crippen LogP contribution in [0.15, 0.2) is 24.3 Å². The first kappa shape index (κ1) is 29.6. The van der Waals surface area contributed by atoms with Crippen LogP contribution in [0.5, 0.6) is 5.75 Å². The Morgan fingerprint density at radius 1 is 0.919 bits per heavy atom. The van der Waals surface area contributed by atoms with E-state index in [1.54, 1.807) is 38.3 Å². The smallest absolute Gasteiger partial charge is 0.303 e. The average Bonchev–Trinajstić information content (AvgIpc) is 2.80. The number of nitrogens with one attached hydrogen (secondary N) is 3. The first-order chi connectivity index (χ1) is 17.4. The molecule has 3 amide bonds. The van der Waals surface area contributed by atoms with Gasteiger partial charge in [0.2, 0.25) is 17.7 Å². The lowest BCUT2D eigenvalue weighted by molar-refractivity contribution is -0.212. The summed E-state index contributed by atoms with van der Waals surface area (Å²) in [5, 5.41) is 8.04. The van der Waals surface area contributed by atoms with Crippen LogP contribution in [0.3, 0.4) is 0 Å². The van der Waals surface area contributed by atoms with Crippen LogP contribution in [-0.4, -0.2) is 79.8 Å². The maximum atomic E-state index is 13.1. The summed E-state index contributed by atoms with van der Waals surface area (Å²) >= 11 is 0. The molecule has 0 aromatic heterocycles. The van der Waals surface area contributed by atoms with Gasteiger partial charge in [-0.2, -0.15) is 0 Å². The van der Waals surface area contributed by atoms with Gasteiger partial charge in [-0.05, 0) is 24.6 Å². The third-order valence-electron chi connectivity index (χ3n) is 5.68. The molecule has 12 nitrogen and oxygen atoms in total. The summed E-state index contributed by atoms with van der Waals surface area (Å²) < 4.78 is 22.0. The Kier molecular flexibility index (Phi) is 10.9. The number of rotatable bonds is 10. The third-order valence-corrected chi connectivity index (χ3v) is 5.68. The molecule has 0 saturated carbocycles. The van der Waals surface area contributed by atoms with E-state index in [-0.39, 0.29) is 24.8 Å². The van der Waals surface area contributed by atoms with Gasteiger partial charge in [-0.25, -0.2) is 0 Å². The number of carbonyl (C=O) groups is 5. The maximum Gasteiger partial charge on any atom is 0.303 e. The zero-order valence-electron chi connectivity index (χ0n) is 21.9. The van der Waals surface area contributed by atoms with E-state index in [2.05, 4.69) is 16.0 Å². The van der Waals surface area contributed by atoms with E-state index >= 15 is 0 Å². The second-order valence-corrected chi connectivity index (χ2v) is 8.80. The van der Waals surface area contributed by atoms with Crippen molar-refractivity contribution in [1.29, 1.82) is 0 Å². The van der Waals surface area contributed by atoms with Gasteiger partial charge in [-0.15, -0.1) is 0 Å². The average molecular weight is 522 g/mol. The number of carbonyl (C=O) groups excluding carboxylic acids is 5. The number of esters is 2. The van der Waals surface area contributed by atoms with Gasteiger partial charge in [0.15, 0.2) is 12.2 Å². The Morgan fingerprint density at radius 2 is 1.51 bits per heavy atom. The number of hydrogen-bond donors (Lipinski definition) is 3. The third kappa shape index (κ3) is 9.05. The van der Waals surface area contributed by atoms with Crippen molar-refractivity contribution in [3.05, 3.63) is 29.8 Å². The second kappa shape index (κ2) is 13.6. The maximum absolute atomic E-state index is 13.1. The van der Waals surface area contributed by atoms with E-state index in [9.17, 15) is 24.0 Å². The van der Waals surface area contributed by atoms with Crippen LogP contribution in [0.25, 0.3) is 0 Å². The first-order valence-corrected chi connectivity index (χ1v) is 11.9. The van der Waals surface area contributed by atoms with E-state index in [4.69, 9.17) is 18.9 Å². The second-order valence-electron chi connectivity index (χ2n) is 8.80. The van der Waals surface area contributed by atoms with Gasteiger partial charge in [0.1, 0.15) is 17.9 Å².